The highest BCUT2D eigenvalue weighted by Crippen LogP contribution is 2.55. The molecule has 11 heteroatoms. The molecule has 0 bridgehead atoms. The van der Waals surface area contributed by atoms with E-state index >= 15 is 0 Å². The topological polar surface area (TPSA) is 132 Å². The predicted molar refractivity (Wildman–Crippen MR) is 185 cm³/mol. The van der Waals surface area contributed by atoms with Gasteiger partial charge in [0.2, 0.25) is 11.8 Å². The summed E-state index contributed by atoms with van der Waals surface area (Å²) in [6.45, 7) is 3.17. The van der Waals surface area contributed by atoms with Crippen LogP contribution in [0.25, 0.3) is 0 Å². The first-order valence-corrected chi connectivity index (χ1v) is 18.2. The normalized spacial score (nSPS) is 32.5. The smallest absolute Gasteiger partial charge is 0.316 e. The SMILES string of the molecule is CN1C(=O)N(CC(=O)C2CCCC3(CCCC(C4(C)CN(CC(=O)c5ccccc5)C(=O)N(C)C4=O)C3)C2)C(=O)C(C)(C2=CCCCC2)C1=O. The molecule has 5 aliphatic rings. The van der Waals surface area contributed by atoms with Crippen LogP contribution in [0.5, 0.6) is 0 Å². The highest BCUT2D eigenvalue weighted by atomic mass is 16.2. The molecule has 50 heavy (non-hydrogen) atoms. The fraction of sp³-hybridized carbons (Fsp3) is 0.615. The molecule has 0 N–H and O–H groups in total. The van der Waals surface area contributed by atoms with Gasteiger partial charge in [-0.15, -0.1) is 0 Å². The van der Waals surface area contributed by atoms with Gasteiger partial charge in [-0.25, -0.2) is 9.59 Å². The Morgan fingerprint density at radius 3 is 2.14 bits per heavy atom. The third kappa shape index (κ3) is 6.10. The van der Waals surface area contributed by atoms with E-state index < -0.39 is 34.7 Å². The first kappa shape index (κ1) is 35.7. The van der Waals surface area contributed by atoms with Crippen molar-refractivity contribution >= 4 is 41.4 Å². The molecule has 6 rings (SSSR count). The van der Waals surface area contributed by atoms with Crippen molar-refractivity contribution in [1.29, 1.82) is 0 Å². The van der Waals surface area contributed by atoms with Crippen molar-refractivity contribution in [1.82, 2.24) is 19.6 Å². The molecule has 2 saturated carbocycles. The van der Waals surface area contributed by atoms with E-state index in [9.17, 15) is 33.6 Å². The number of ketones is 2. The second kappa shape index (κ2) is 13.5. The summed E-state index contributed by atoms with van der Waals surface area (Å²) >= 11 is 0. The van der Waals surface area contributed by atoms with Crippen molar-refractivity contribution in [2.24, 2.45) is 28.1 Å². The van der Waals surface area contributed by atoms with E-state index in [-0.39, 0.29) is 54.4 Å². The summed E-state index contributed by atoms with van der Waals surface area (Å²) in [4.78, 5) is 99.4. The van der Waals surface area contributed by atoms with Crippen LogP contribution in [0.4, 0.5) is 9.59 Å². The molecular formula is C39H50N4O7. The first-order valence-electron chi connectivity index (χ1n) is 18.2. The summed E-state index contributed by atoms with van der Waals surface area (Å²) in [5.41, 5.74) is -1.35. The van der Waals surface area contributed by atoms with Crippen LogP contribution in [0, 0.1) is 28.1 Å². The molecule has 2 aliphatic heterocycles. The van der Waals surface area contributed by atoms with Crippen molar-refractivity contribution in [3.63, 3.8) is 0 Å². The average molecular weight is 687 g/mol. The lowest BCUT2D eigenvalue weighted by Gasteiger charge is -2.53. The van der Waals surface area contributed by atoms with Gasteiger partial charge in [0, 0.05) is 32.1 Å². The van der Waals surface area contributed by atoms with Crippen LogP contribution >= 0.6 is 0 Å². The van der Waals surface area contributed by atoms with Gasteiger partial charge in [-0.2, -0.15) is 0 Å². The Labute approximate surface area is 294 Å². The maximum Gasteiger partial charge on any atom is 0.333 e. The highest BCUT2D eigenvalue weighted by Gasteiger charge is 2.57. The van der Waals surface area contributed by atoms with Gasteiger partial charge in [-0.05, 0) is 95.0 Å². The van der Waals surface area contributed by atoms with E-state index in [1.165, 1.54) is 19.0 Å². The minimum atomic E-state index is -1.50. The Hall–Kier alpha value is -4.15. The van der Waals surface area contributed by atoms with Crippen molar-refractivity contribution in [3.8, 4) is 0 Å². The van der Waals surface area contributed by atoms with E-state index in [1.54, 1.807) is 31.2 Å². The van der Waals surface area contributed by atoms with Gasteiger partial charge in [0.1, 0.15) is 5.41 Å². The number of urea groups is 2. The van der Waals surface area contributed by atoms with Gasteiger partial charge in [0.25, 0.3) is 5.91 Å². The molecule has 4 fully saturated rings. The number of amides is 7. The van der Waals surface area contributed by atoms with Crippen LogP contribution in [0.1, 0.15) is 101 Å². The lowest BCUT2D eigenvalue weighted by molar-refractivity contribution is -0.155. The van der Waals surface area contributed by atoms with Crippen molar-refractivity contribution < 1.29 is 33.6 Å². The summed E-state index contributed by atoms with van der Waals surface area (Å²) in [5.74, 6) is -2.18. The summed E-state index contributed by atoms with van der Waals surface area (Å²) in [7, 11) is 2.87. The van der Waals surface area contributed by atoms with Crippen LogP contribution in [-0.2, 0) is 19.2 Å². The minimum Gasteiger partial charge on any atom is -0.316 e. The Bertz CT molecular complexity index is 1640. The molecule has 2 saturated heterocycles. The largest absolute Gasteiger partial charge is 0.333 e. The molecule has 1 aromatic rings. The first-order chi connectivity index (χ1) is 23.7. The van der Waals surface area contributed by atoms with E-state index in [2.05, 4.69) is 0 Å². The summed E-state index contributed by atoms with van der Waals surface area (Å²) in [6, 6.07) is 7.59. The molecule has 0 aromatic heterocycles. The van der Waals surface area contributed by atoms with Crippen LogP contribution in [-0.4, -0.2) is 94.7 Å². The number of hydrogen-bond donors (Lipinski definition) is 0. The number of imide groups is 3. The fourth-order valence-electron chi connectivity index (χ4n) is 9.70. The highest BCUT2D eigenvalue weighted by molar-refractivity contribution is 6.21. The average Bonchev–Trinajstić information content (AvgIpc) is 3.13. The van der Waals surface area contributed by atoms with Gasteiger partial charge in [-0.3, -0.25) is 38.7 Å². The van der Waals surface area contributed by atoms with E-state index in [4.69, 9.17) is 0 Å². The molecule has 2 heterocycles. The minimum absolute atomic E-state index is 0.0585. The standard InChI is InChI=1S/C39H50N4O7/c1-37(25-42(35(49)40(3)32(37)46)23-30(44)26-13-7-5-8-14-26)29-18-12-20-39(22-29)19-11-15-27(21-39)31(45)24-43-34(48)38(2,28-16-9-6-10-17-28)33(47)41(4)36(43)50/h5,7-8,13-14,16,27,29H,6,9-12,15,17-25H2,1-4H3. The molecule has 7 amide bonds. The number of carbonyl (C=O) groups is 7. The van der Waals surface area contributed by atoms with E-state index in [0.717, 1.165) is 71.6 Å². The Kier molecular flexibility index (Phi) is 9.65. The number of barbiturate groups is 1. The summed E-state index contributed by atoms with van der Waals surface area (Å²) in [5, 5.41) is 0. The lowest BCUT2D eigenvalue weighted by atomic mass is 9.55. The van der Waals surface area contributed by atoms with Crippen LogP contribution in [0.2, 0.25) is 0 Å². The summed E-state index contributed by atoms with van der Waals surface area (Å²) in [6.07, 6.45) is 11.5. The maximum absolute atomic E-state index is 14.0. The predicted octanol–water partition coefficient (Wildman–Crippen LogP) is 5.63. The van der Waals surface area contributed by atoms with Gasteiger partial charge < -0.3 is 4.90 Å². The van der Waals surface area contributed by atoms with Crippen molar-refractivity contribution in [2.75, 3.05) is 33.7 Å². The third-order valence-electron chi connectivity index (χ3n) is 12.7. The number of Topliss-reactive ketones (excluding diaryl/α,β-unsaturated/α-hetero) is 2. The molecule has 1 aromatic carbocycles. The number of rotatable bonds is 8. The van der Waals surface area contributed by atoms with Crippen LogP contribution < -0.4 is 0 Å². The van der Waals surface area contributed by atoms with E-state index in [1.807, 2.05) is 19.1 Å². The summed E-state index contributed by atoms with van der Waals surface area (Å²) < 4.78 is 0. The zero-order valence-corrected chi connectivity index (χ0v) is 29.9. The second-order valence-corrected chi connectivity index (χ2v) is 15.9. The Morgan fingerprint density at radius 1 is 0.780 bits per heavy atom. The third-order valence-corrected chi connectivity index (χ3v) is 12.7. The van der Waals surface area contributed by atoms with Gasteiger partial charge in [-0.1, -0.05) is 49.2 Å². The van der Waals surface area contributed by atoms with Gasteiger partial charge in [0.05, 0.1) is 18.5 Å². The quantitative estimate of drug-likeness (QED) is 0.197. The Morgan fingerprint density at radius 2 is 1.46 bits per heavy atom. The number of hydrogen-bond acceptors (Lipinski definition) is 7. The zero-order chi connectivity index (χ0) is 36.0. The molecule has 5 atom stereocenters. The molecular weight excluding hydrogens is 636 g/mol. The van der Waals surface area contributed by atoms with Crippen LogP contribution in [0.15, 0.2) is 42.0 Å². The molecule has 1 spiro atoms. The molecule has 5 unspecified atom stereocenters. The fourth-order valence-corrected chi connectivity index (χ4v) is 9.70. The monoisotopic (exact) mass is 686 g/mol. The molecule has 0 radical (unpaired) electrons. The van der Waals surface area contributed by atoms with Gasteiger partial charge in [0.15, 0.2) is 11.6 Å². The second-order valence-electron chi connectivity index (χ2n) is 15.9. The number of allylic oxidation sites excluding steroid dienone is 1. The number of benzene rings is 1. The van der Waals surface area contributed by atoms with Gasteiger partial charge >= 0.3 is 12.1 Å². The molecule has 11 nitrogen and oxygen atoms in total. The number of carbonyl (C=O) groups excluding carboxylic acids is 7. The zero-order valence-electron chi connectivity index (χ0n) is 29.9. The van der Waals surface area contributed by atoms with Crippen LogP contribution in [0.3, 0.4) is 0 Å². The maximum atomic E-state index is 14.0. The Balaban J connectivity index is 1.17. The number of nitrogens with zero attached hydrogens (tertiary/aromatic N) is 4. The van der Waals surface area contributed by atoms with Crippen molar-refractivity contribution in [2.45, 2.75) is 90.9 Å². The molecule has 268 valence electrons. The molecule has 3 aliphatic carbocycles. The van der Waals surface area contributed by atoms with E-state index in [0.29, 0.717) is 31.2 Å². The lowest BCUT2D eigenvalue weighted by Crippen LogP contribution is -2.64. The van der Waals surface area contributed by atoms with Crippen molar-refractivity contribution in [3.05, 3.63) is 47.5 Å².